The van der Waals surface area contributed by atoms with Crippen LogP contribution >= 0.6 is 34.8 Å². The van der Waals surface area contributed by atoms with Crippen molar-refractivity contribution in [2.24, 2.45) is 0 Å². The van der Waals surface area contributed by atoms with E-state index in [2.05, 4.69) is 46.9 Å². The molecule has 2 N–H and O–H groups in total. The molecular weight excluding hydrogens is 393 g/mol. The van der Waals surface area contributed by atoms with Crippen molar-refractivity contribution in [1.29, 1.82) is 0 Å². The van der Waals surface area contributed by atoms with Gasteiger partial charge in [-0.15, -0.1) is 0 Å². The molecule has 1 amide bonds. The second-order valence-electron chi connectivity index (χ2n) is 9.55. The van der Waals surface area contributed by atoms with Gasteiger partial charge in [-0.3, -0.25) is 4.79 Å². The molecule has 6 heteroatoms. The van der Waals surface area contributed by atoms with E-state index < -0.39 is 15.2 Å². The van der Waals surface area contributed by atoms with E-state index in [1.807, 2.05) is 26.0 Å². The molecule has 0 heterocycles. The number of phenols is 1. The van der Waals surface area contributed by atoms with Crippen LogP contribution in [-0.2, 0) is 22.0 Å². The zero-order chi connectivity index (χ0) is 20.7. The van der Waals surface area contributed by atoms with Gasteiger partial charge in [-0.05, 0) is 47.8 Å². The van der Waals surface area contributed by atoms with Crippen LogP contribution < -0.4 is 5.32 Å². The van der Waals surface area contributed by atoms with Gasteiger partial charge in [0.1, 0.15) is 5.75 Å². The van der Waals surface area contributed by atoms with Crippen LogP contribution in [-0.4, -0.2) is 20.3 Å². The Kier molecular flexibility index (Phi) is 6.67. The van der Waals surface area contributed by atoms with Gasteiger partial charge in [-0.25, -0.2) is 0 Å². The van der Waals surface area contributed by atoms with Gasteiger partial charge in [0.05, 0.1) is 0 Å². The highest BCUT2D eigenvalue weighted by molar-refractivity contribution is 6.76. The number of hydrogen-bond donors (Lipinski definition) is 2. The lowest BCUT2D eigenvalue weighted by Crippen LogP contribution is -2.49. The fraction of sp³-hybridized carbons (Fsp3) is 0.650. The molecule has 1 aromatic carbocycles. The maximum absolute atomic E-state index is 12.0. The molecular formula is C20H30Cl3NO2. The fourth-order valence-corrected chi connectivity index (χ4v) is 3.01. The third-order valence-electron chi connectivity index (χ3n) is 4.14. The van der Waals surface area contributed by atoms with Gasteiger partial charge in [0.15, 0.2) is 0 Å². The van der Waals surface area contributed by atoms with Gasteiger partial charge in [0.2, 0.25) is 0 Å². The highest BCUT2D eigenvalue weighted by Gasteiger charge is 2.35. The molecule has 1 aromatic rings. The number of halogens is 3. The summed E-state index contributed by atoms with van der Waals surface area (Å²) in [4.78, 5) is 12.0. The summed E-state index contributed by atoms with van der Waals surface area (Å²) in [7, 11) is 0. The first-order valence-electron chi connectivity index (χ1n) is 8.61. The fourth-order valence-electron chi connectivity index (χ4n) is 2.87. The van der Waals surface area contributed by atoms with Crippen LogP contribution in [0.2, 0.25) is 0 Å². The molecule has 0 saturated carbocycles. The number of rotatable bonds is 3. The van der Waals surface area contributed by atoms with Crippen molar-refractivity contribution in [1.82, 2.24) is 5.32 Å². The van der Waals surface area contributed by atoms with Gasteiger partial charge in [-0.1, -0.05) is 88.5 Å². The number of alkyl halides is 3. The Balaban J connectivity index is 3.34. The SMILES string of the molecule is CC(C)(Cc1cc(C(C)(C)C)c(O)c(C(C)(C)C)c1)NC(=O)C(Cl)(Cl)Cl. The second-order valence-corrected chi connectivity index (χ2v) is 11.8. The van der Waals surface area contributed by atoms with Gasteiger partial charge in [0.25, 0.3) is 9.70 Å². The standard InChI is InChI=1S/C20H30Cl3NO2/c1-17(2,3)13-9-12(10-14(15(13)25)18(4,5)6)11-19(7,8)24-16(26)20(21,22)23/h9-10,25H,11H2,1-8H3,(H,24,26). The van der Waals surface area contributed by atoms with Crippen molar-refractivity contribution in [3.63, 3.8) is 0 Å². The van der Waals surface area contributed by atoms with E-state index >= 15 is 0 Å². The zero-order valence-electron chi connectivity index (χ0n) is 16.9. The van der Waals surface area contributed by atoms with Crippen LogP contribution in [0.3, 0.4) is 0 Å². The summed E-state index contributed by atoms with van der Waals surface area (Å²) in [6.45, 7) is 16.1. The quantitative estimate of drug-likeness (QED) is 0.605. The molecule has 26 heavy (non-hydrogen) atoms. The summed E-state index contributed by atoms with van der Waals surface area (Å²) < 4.78 is -2.00. The smallest absolute Gasteiger partial charge is 0.272 e. The average Bonchev–Trinajstić information content (AvgIpc) is 2.35. The van der Waals surface area contributed by atoms with Gasteiger partial charge >= 0.3 is 0 Å². The van der Waals surface area contributed by atoms with E-state index in [0.717, 1.165) is 16.7 Å². The molecule has 0 aliphatic carbocycles. The minimum absolute atomic E-state index is 0.217. The lowest BCUT2D eigenvalue weighted by Gasteiger charge is -2.31. The molecule has 0 saturated heterocycles. The molecule has 0 aliphatic rings. The summed E-state index contributed by atoms with van der Waals surface area (Å²) >= 11 is 17.0. The number of nitrogens with one attached hydrogen (secondary N) is 1. The number of amides is 1. The molecule has 3 nitrogen and oxygen atoms in total. The summed E-state index contributed by atoms with van der Waals surface area (Å²) in [6, 6.07) is 3.99. The molecule has 0 atom stereocenters. The molecule has 0 aliphatic heterocycles. The molecule has 1 rings (SSSR count). The molecule has 0 spiro atoms. The zero-order valence-corrected chi connectivity index (χ0v) is 19.1. The van der Waals surface area contributed by atoms with Crippen molar-refractivity contribution >= 4 is 40.7 Å². The molecule has 0 fully saturated rings. The minimum Gasteiger partial charge on any atom is -0.507 e. The van der Waals surface area contributed by atoms with Gasteiger partial charge in [0, 0.05) is 5.54 Å². The largest absolute Gasteiger partial charge is 0.507 e. The third kappa shape index (κ3) is 6.21. The van der Waals surface area contributed by atoms with Crippen LogP contribution in [0, 0.1) is 0 Å². The highest BCUT2D eigenvalue weighted by atomic mass is 35.6. The van der Waals surface area contributed by atoms with Crippen molar-refractivity contribution in [2.75, 3.05) is 0 Å². The van der Waals surface area contributed by atoms with Crippen molar-refractivity contribution in [3.8, 4) is 5.75 Å². The van der Waals surface area contributed by atoms with Gasteiger partial charge in [-0.2, -0.15) is 0 Å². The van der Waals surface area contributed by atoms with E-state index in [0.29, 0.717) is 12.2 Å². The van der Waals surface area contributed by atoms with Gasteiger partial charge < -0.3 is 10.4 Å². The van der Waals surface area contributed by atoms with E-state index in [4.69, 9.17) is 34.8 Å². The molecule has 0 bridgehead atoms. The topological polar surface area (TPSA) is 49.3 Å². The Hall–Kier alpha value is -0.640. The first-order chi connectivity index (χ1) is 11.3. The Morgan fingerprint density at radius 2 is 1.31 bits per heavy atom. The molecule has 0 unspecified atom stereocenters. The lowest BCUT2D eigenvalue weighted by molar-refractivity contribution is -0.121. The maximum Gasteiger partial charge on any atom is 0.272 e. The van der Waals surface area contributed by atoms with Crippen molar-refractivity contribution < 1.29 is 9.90 Å². The Morgan fingerprint density at radius 3 is 1.62 bits per heavy atom. The number of carbonyl (C=O) groups excluding carboxylic acids is 1. The number of benzene rings is 1. The Morgan fingerprint density at radius 1 is 0.923 bits per heavy atom. The van der Waals surface area contributed by atoms with E-state index in [-0.39, 0.29) is 10.8 Å². The normalized spacial score (nSPS) is 13.7. The van der Waals surface area contributed by atoms with E-state index in [1.54, 1.807) is 0 Å². The number of phenolic OH excluding ortho intramolecular Hbond substituents is 1. The number of hydrogen-bond acceptors (Lipinski definition) is 2. The number of aromatic hydroxyl groups is 1. The monoisotopic (exact) mass is 421 g/mol. The molecule has 0 aromatic heterocycles. The maximum atomic E-state index is 12.0. The summed E-state index contributed by atoms with van der Waals surface area (Å²) in [6.07, 6.45) is 0.534. The van der Waals surface area contributed by atoms with Crippen LogP contribution in [0.15, 0.2) is 12.1 Å². The summed E-state index contributed by atoms with van der Waals surface area (Å²) in [5, 5.41) is 13.6. The number of carbonyl (C=O) groups is 1. The summed E-state index contributed by atoms with van der Waals surface area (Å²) in [5.74, 6) is -0.324. The Labute approximate surface area is 172 Å². The van der Waals surface area contributed by atoms with E-state index in [9.17, 15) is 9.90 Å². The van der Waals surface area contributed by atoms with Crippen LogP contribution in [0.25, 0.3) is 0 Å². The van der Waals surface area contributed by atoms with Crippen molar-refractivity contribution in [3.05, 3.63) is 28.8 Å². The predicted molar refractivity (Wildman–Crippen MR) is 112 cm³/mol. The minimum atomic E-state index is -2.00. The van der Waals surface area contributed by atoms with Crippen molar-refractivity contribution in [2.45, 2.75) is 82.0 Å². The predicted octanol–water partition coefficient (Wildman–Crippen LogP) is 5.79. The van der Waals surface area contributed by atoms with Crippen LogP contribution in [0.5, 0.6) is 5.75 Å². The highest BCUT2D eigenvalue weighted by Crippen LogP contribution is 2.40. The average molecular weight is 423 g/mol. The molecule has 0 radical (unpaired) electrons. The molecule has 148 valence electrons. The summed E-state index contributed by atoms with van der Waals surface area (Å²) in [5.41, 5.74) is 1.71. The Bertz CT molecular complexity index is 643. The van der Waals surface area contributed by atoms with Crippen LogP contribution in [0.4, 0.5) is 0 Å². The first kappa shape index (κ1) is 23.4. The first-order valence-corrected chi connectivity index (χ1v) is 9.74. The van der Waals surface area contributed by atoms with E-state index in [1.165, 1.54) is 0 Å². The second kappa shape index (κ2) is 7.41. The van der Waals surface area contributed by atoms with Crippen LogP contribution in [0.1, 0.15) is 72.1 Å². The lowest BCUT2D eigenvalue weighted by atomic mass is 9.77. The third-order valence-corrected chi connectivity index (χ3v) is 4.66.